The molecular weight excluding hydrogens is 324 g/mol. The van der Waals surface area contributed by atoms with Gasteiger partial charge in [-0.25, -0.2) is 9.97 Å². The van der Waals surface area contributed by atoms with Crippen LogP contribution in [0.3, 0.4) is 0 Å². The second kappa shape index (κ2) is 8.09. The highest BCUT2D eigenvalue weighted by Gasteiger charge is 2.19. The molecule has 1 heterocycles. The molecule has 0 atom stereocenters. The van der Waals surface area contributed by atoms with E-state index in [1.54, 1.807) is 36.1 Å². The zero-order chi connectivity index (χ0) is 18.4. The van der Waals surface area contributed by atoms with E-state index < -0.39 is 5.97 Å². The number of esters is 1. The van der Waals surface area contributed by atoms with E-state index in [1.165, 1.54) is 13.4 Å². The van der Waals surface area contributed by atoms with E-state index in [4.69, 9.17) is 14.7 Å². The number of hydrogen-bond donors (Lipinski definition) is 1. The van der Waals surface area contributed by atoms with E-state index in [2.05, 4.69) is 15.1 Å². The summed E-state index contributed by atoms with van der Waals surface area (Å²) in [7, 11) is 4.95. The molecule has 0 aliphatic carbocycles. The number of anilines is 1. The zero-order valence-corrected chi connectivity index (χ0v) is 14.6. The van der Waals surface area contributed by atoms with Gasteiger partial charge in [-0.1, -0.05) is 17.3 Å². The number of rotatable bonds is 6. The lowest BCUT2D eigenvalue weighted by Crippen LogP contribution is -2.17. The molecule has 0 amide bonds. The molecule has 0 saturated carbocycles. The van der Waals surface area contributed by atoms with Crippen molar-refractivity contribution < 1.29 is 19.5 Å². The molecule has 0 bridgehead atoms. The molecule has 0 saturated heterocycles. The topological polar surface area (TPSA) is 97.1 Å². The van der Waals surface area contributed by atoms with Crippen molar-refractivity contribution in [2.24, 2.45) is 5.16 Å². The molecule has 1 aromatic carbocycles. The van der Waals surface area contributed by atoms with Crippen LogP contribution >= 0.6 is 0 Å². The maximum atomic E-state index is 11.7. The first-order chi connectivity index (χ1) is 12.0. The Hall–Kier alpha value is -3.16. The Balaban J connectivity index is 2.42. The van der Waals surface area contributed by atoms with Crippen molar-refractivity contribution in [3.63, 3.8) is 0 Å². The average Bonchev–Trinajstić information content (AvgIpc) is 2.62. The molecule has 0 fully saturated rings. The number of nitrogens with zero attached hydrogens (tertiary/aromatic N) is 4. The van der Waals surface area contributed by atoms with Gasteiger partial charge in [0.2, 0.25) is 5.88 Å². The minimum absolute atomic E-state index is 0.0169. The molecule has 8 heteroatoms. The monoisotopic (exact) mass is 344 g/mol. The third-order valence-electron chi connectivity index (χ3n) is 3.47. The van der Waals surface area contributed by atoms with Gasteiger partial charge in [0.1, 0.15) is 17.9 Å². The summed E-state index contributed by atoms with van der Waals surface area (Å²) in [5, 5.41) is 12.1. The third-order valence-corrected chi connectivity index (χ3v) is 3.47. The normalized spacial score (nSPS) is 11.1. The fourth-order valence-electron chi connectivity index (χ4n) is 2.19. The van der Waals surface area contributed by atoms with Gasteiger partial charge in [0.15, 0.2) is 0 Å². The van der Waals surface area contributed by atoms with Crippen molar-refractivity contribution >= 4 is 17.5 Å². The fourth-order valence-corrected chi connectivity index (χ4v) is 2.19. The number of ether oxygens (including phenoxy) is 2. The second-order valence-corrected chi connectivity index (χ2v) is 5.44. The van der Waals surface area contributed by atoms with Crippen LogP contribution in [-0.2, 0) is 16.0 Å². The smallest absolute Gasteiger partial charge is 0.310 e. The van der Waals surface area contributed by atoms with Gasteiger partial charge in [-0.15, -0.1) is 0 Å². The van der Waals surface area contributed by atoms with Gasteiger partial charge in [-0.05, 0) is 19.1 Å². The number of hydrogen-bond acceptors (Lipinski definition) is 8. The third kappa shape index (κ3) is 4.43. The first-order valence-corrected chi connectivity index (χ1v) is 7.51. The van der Waals surface area contributed by atoms with E-state index in [0.29, 0.717) is 28.4 Å². The van der Waals surface area contributed by atoms with Crippen molar-refractivity contribution in [1.82, 2.24) is 9.97 Å². The number of aromatic nitrogens is 2. The summed E-state index contributed by atoms with van der Waals surface area (Å²) in [6, 6.07) is 7.03. The van der Waals surface area contributed by atoms with Gasteiger partial charge in [0.05, 0.1) is 24.8 Å². The summed E-state index contributed by atoms with van der Waals surface area (Å²) in [5.41, 5.74) is 1.69. The van der Waals surface area contributed by atoms with Crippen LogP contribution in [0.5, 0.6) is 11.6 Å². The Labute approximate surface area is 145 Å². The Morgan fingerprint density at radius 1 is 1.32 bits per heavy atom. The van der Waals surface area contributed by atoms with Crippen LogP contribution in [0.15, 0.2) is 35.7 Å². The molecule has 0 aliphatic rings. The fraction of sp³-hybridized carbons (Fsp3) is 0.294. The Kier molecular flexibility index (Phi) is 5.89. The molecule has 0 spiro atoms. The van der Waals surface area contributed by atoms with Crippen molar-refractivity contribution in [3.8, 4) is 11.6 Å². The molecule has 8 nitrogen and oxygen atoms in total. The lowest BCUT2D eigenvalue weighted by Gasteiger charge is -2.18. The SMILES string of the molecule is COC(=O)Cc1c(Oc2cccc(C(C)=NO)c2)ncnc1N(C)C. The van der Waals surface area contributed by atoms with E-state index in [1.807, 2.05) is 14.1 Å². The Bertz CT molecular complexity index is 790. The van der Waals surface area contributed by atoms with Gasteiger partial charge < -0.3 is 19.6 Å². The summed E-state index contributed by atoms with van der Waals surface area (Å²) < 4.78 is 10.6. The number of oxime groups is 1. The molecule has 25 heavy (non-hydrogen) atoms. The van der Waals surface area contributed by atoms with Crippen molar-refractivity contribution in [2.45, 2.75) is 13.3 Å². The van der Waals surface area contributed by atoms with Gasteiger partial charge in [-0.2, -0.15) is 0 Å². The van der Waals surface area contributed by atoms with E-state index >= 15 is 0 Å². The lowest BCUT2D eigenvalue weighted by atomic mass is 10.1. The highest BCUT2D eigenvalue weighted by atomic mass is 16.5. The van der Waals surface area contributed by atoms with Gasteiger partial charge in [0.25, 0.3) is 0 Å². The summed E-state index contributed by atoms with van der Waals surface area (Å²) in [6.07, 6.45) is 1.35. The van der Waals surface area contributed by atoms with Crippen LogP contribution in [-0.4, -0.2) is 48.1 Å². The zero-order valence-electron chi connectivity index (χ0n) is 14.6. The van der Waals surface area contributed by atoms with Gasteiger partial charge in [0, 0.05) is 19.7 Å². The Morgan fingerprint density at radius 3 is 2.72 bits per heavy atom. The summed E-state index contributed by atoms with van der Waals surface area (Å²) in [4.78, 5) is 21.9. The summed E-state index contributed by atoms with van der Waals surface area (Å²) >= 11 is 0. The van der Waals surface area contributed by atoms with Gasteiger partial charge >= 0.3 is 5.97 Å². The molecule has 2 rings (SSSR count). The number of carbonyl (C=O) groups excluding carboxylic acids is 1. The molecule has 1 aromatic heterocycles. The van der Waals surface area contributed by atoms with Crippen LogP contribution in [0.4, 0.5) is 5.82 Å². The quantitative estimate of drug-likeness (QED) is 0.371. The lowest BCUT2D eigenvalue weighted by molar-refractivity contribution is -0.139. The highest BCUT2D eigenvalue weighted by molar-refractivity contribution is 5.98. The van der Waals surface area contributed by atoms with Crippen LogP contribution in [0.25, 0.3) is 0 Å². The number of methoxy groups -OCH3 is 1. The molecule has 1 N–H and O–H groups in total. The van der Waals surface area contributed by atoms with E-state index in [0.717, 1.165) is 0 Å². The minimum atomic E-state index is -0.417. The summed E-state index contributed by atoms with van der Waals surface area (Å²) in [5.74, 6) is 0.911. The van der Waals surface area contributed by atoms with E-state index in [-0.39, 0.29) is 12.3 Å². The van der Waals surface area contributed by atoms with E-state index in [9.17, 15) is 4.79 Å². The minimum Gasteiger partial charge on any atom is -0.469 e. The van der Waals surface area contributed by atoms with Crippen molar-refractivity contribution in [1.29, 1.82) is 0 Å². The van der Waals surface area contributed by atoms with Gasteiger partial charge in [-0.3, -0.25) is 4.79 Å². The predicted octanol–water partition coefficient (Wildman–Crippen LogP) is 2.25. The van der Waals surface area contributed by atoms with Crippen LogP contribution in [0.2, 0.25) is 0 Å². The van der Waals surface area contributed by atoms with Crippen molar-refractivity contribution in [2.75, 3.05) is 26.1 Å². The number of carbonyl (C=O) groups is 1. The second-order valence-electron chi connectivity index (χ2n) is 5.44. The number of benzene rings is 1. The van der Waals surface area contributed by atoms with Crippen LogP contribution < -0.4 is 9.64 Å². The standard InChI is InChI=1S/C17H20N4O4/c1-11(20-23)12-6-5-7-13(8-12)25-17-14(9-15(22)24-4)16(21(2)3)18-10-19-17/h5-8,10,23H,9H2,1-4H3. The van der Waals surface area contributed by atoms with Crippen LogP contribution in [0, 0.1) is 0 Å². The molecule has 132 valence electrons. The molecule has 0 aliphatic heterocycles. The van der Waals surface area contributed by atoms with Crippen LogP contribution in [0.1, 0.15) is 18.1 Å². The maximum Gasteiger partial charge on any atom is 0.310 e. The summed E-state index contributed by atoms with van der Waals surface area (Å²) in [6.45, 7) is 1.68. The molecule has 0 unspecified atom stereocenters. The molecular formula is C17H20N4O4. The first-order valence-electron chi connectivity index (χ1n) is 7.51. The first kappa shape index (κ1) is 18.2. The predicted molar refractivity (Wildman–Crippen MR) is 92.6 cm³/mol. The molecule has 2 aromatic rings. The highest BCUT2D eigenvalue weighted by Crippen LogP contribution is 2.29. The van der Waals surface area contributed by atoms with Crippen molar-refractivity contribution in [3.05, 3.63) is 41.7 Å². The Morgan fingerprint density at radius 2 is 2.08 bits per heavy atom. The molecule has 0 radical (unpaired) electrons. The largest absolute Gasteiger partial charge is 0.469 e. The average molecular weight is 344 g/mol. The maximum absolute atomic E-state index is 11.7.